The van der Waals surface area contributed by atoms with Crippen LogP contribution in [0.3, 0.4) is 0 Å². The van der Waals surface area contributed by atoms with Gasteiger partial charge in [-0.05, 0) is 32.1 Å². The van der Waals surface area contributed by atoms with Crippen molar-refractivity contribution in [3.05, 3.63) is 0 Å². The van der Waals surface area contributed by atoms with Gasteiger partial charge in [-0.25, -0.2) is 4.79 Å². The van der Waals surface area contributed by atoms with Gasteiger partial charge < -0.3 is 15.3 Å². The summed E-state index contributed by atoms with van der Waals surface area (Å²) in [5.41, 5.74) is 0. The molecule has 8 heteroatoms. The van der Waals surface area contributed by atoms with Crippen molar-refractivity contribution in [2.24, 2.45) is 11.8 Å². The van der Waals surface area contributed by atoms with E-state index >= 15 is 0 Å². The quantitative estimate of drug-likeness (QED) is 0.821. The molecule has 2 fully saturated rings. The number of aliphatic carboxylic acids is 1. The summed E-state index contributed by atoms with van der Waals surface area (Å²) in [6.45, 7) is 0.663. The monoisotopic (exact) mass is 322 g/mol. The Bertz CT molecular complexity index is 420. The number of carboxylic acid groups (broad SMARTS) is 1. The molecule has 0 bridgehead atoms. The maximum absolute atomic E-state index is 12.7. The maximum atomic E-state index is 12.7. The molecule has 22 heavy (non-hydrogen) atoms. The first-order chi connectivity index (χ1) is 10.3. The Hall–Kier alpha value is -1.47. The average Bonchev–Trinajstić information content (AvgIpc) is 2.46. The first-order valence-corrected chi connectivity index (χ1v) is 7.62. The van der Waals surface area contributed by atoms with Crippen LogP contribution in [0.2, 0.25) is 0 Å². The molecule has 2 N–H and O–H groups in total. The minimum atomic E-state index is -4.21. The van der Waals surface area contributed by atoms with Crippen molar-refractivity contribution < 1.29 is 27.9 Å². The number of alkyl halides is 3. The molecule has 1 saturated heterocycles. The minimum Gasteiger partial charge on any atom is -0.481 e. The van der Waals surface area contributed by atoms with E-state index in [1.165, 1.54) is 4.90 Å². The first-order valence-electron chi connectivity index (χ1n) is 7.62. The van der Waals surface area contributed by atoms with Gasteiger partial charge in [0.1, 0.15) is 0 Å². The van der Waals surface area contributed by atoms with Crippen LogP contribution in [0.15, 0.2) is 0 Å². The van der Waals surface area contributed by atoms with Crippen LogP contribution in [0.25, 0.3) is 0 Å². The topological polar surface area (TPSA) is 69.6 Å². The highest BCUT2D eigenvalue weighted by atomic mass is 19.4. The second-order valence-electron chi connectivity index (χ2n) is 6.15. The molecular weight excluding hydrogens is 301 g/mol. The van der Waals surface area contributed by atoms with Crippen LogP contribution < -0.4 is 5.32 Å². The number of likely N-dealkylation sites (tertiary alicyclic amines) is 1. The number of hydrogen-bond donors (Lipinski definition) is 2. The number of carbonyl (C=O) groups excluding carboxylic acids is 1. The van der Waals surface area contributed by atoms with Crippen LogP contribution in [-0.4, -0.2) is 47.3 Å². The van der Waals surface area contributed by atoms with Gasteiger partial charge in [0.05, 0.1) is 11.8 Å². The van der Waals surface area contributed by atoms with Gasteiger partial charge in [0.25, 0.3) is 0 Å². The number of nitrogens with one attached hydrogen (secondary N) is 1. The van der Waals surface area contributed by atoms with E-state index in [-0.39, 0.29) is 18.9 Å². The highest BCUT2D eigenvalue weighted by molar-refractivity contribution is 5.75. The third-order valence-electron chi connectivity index (χ3n) is 4.60. The highest BCUT2D eigenvalue weighted by Crippen LogP contribution is 2.37. The lowest BCUT2D eigenvalue weighted by Crippen LogP contribution is -2.50. The van der Waals surface area contributed by atoms with E-state index in [0.717, 1.165) is 0 Å². The molecule has 2 rings (SSSR count). The number of carboxylic acids is 1. The van der Waals surface area contributed by atoms with Crippen molar-refractivity contribution in [3.63, 3.8) is 0 Å². The van der Waals surface area contributed by atoms with Crippen molar-refractivity contribution in [1.82, 2.24) is 10.2 Å². The molecular formula is C14H21F3N2O3. The zero-order valence-electron chi connectivity index (χ0n) is 12.2. The van der Waals surface area contributed by atoms with Crippen LogP contribution in [0.5, 0.6) is 0 Å². The molecule has 1 aliphatic carbocycles. The van der Waals surface area contributed by atoms with Gasteiger partial charge in [0.2, 0.25) is 0 Å². The van der Waals surface area contributed by atoms with Gasteiger partial charge in [-0.1, -0.05) is 6.42 Å². The summed E-state index contributed by atoms with van der Waals surface area (Å²) in [7, 11) is 0. The Morgan fingerprint density at radius 1 is 1.09 bits per heavy atom. The van der Waals surface area contributed by atoms with Crippen LogP contribution in [0.4, 0.5) is 18.0 Å². The standard InChI is InChI=1S/C14H21F3N2O3/c15-14(16,17)10-2-1-3-11(8-10)18-13(22)19-6-4-9(5-7-19)12(20)21/h9-11H,1-8H2,(H,18,22)(H,20,21). The predicted octanol–water partition coefficient (Wildman–Crippen LogP) is 2.61. The fraction of sp³-hybridized carbons (Fsp3) is 0.857. The van der Waals surface area contributed by atoms with E-state index in [9.17, 15) is 22.8 Å². The molecule has 126 valence electrons. The molecule has 1 heterocycles. The van der Waals surface area contributed by atoms with Gasteiger partial charge in [-0.3, -0.25) is 4.79 Å². The van der Waals surface area contributed by atoms with Gasteiger partial charge >= 0.3 is 18.2 Å². The molecule has 0 radical (unpaired) electrons. The average molecular weight is 322 g/mol. The number of rotatable bonds is 2. The summed E-state index contributed by atoms with van der Waals surface area (Å²) in [6.07, 6.45) is -2.36. The molecule has 0 spiro atoms. The van der Waals surface area contributed by atoms with Gasteiger partial charge in [-0.2, -0.15) is 13.2 Å². The number of hydrogen-bond acceptors (Lipinski definition) is 2. The summed E-state index contributed by atoms with van der Waals surface area (Å²) in [5, 5.41) is 11.6. The molecule has 2 unspecified atom stereocenters. The van der Waals surface area contributed by atoms with Crippen molar-refractivity contribution in [2.75, 3.05) is 13.1 Å². The zero-order valence-corrected chi connectivity index (χ0v) is 12.2. The van der Waals surface area contributed by atoms with Crippen LogP contribution >= 0.6 is 0 Å². The number of amides is 2. The van der Waals surface area contributed by atoms with Crippen LogP contribution in [0.1, 0.15) is 38.5 Å². The van der Waals surface area contributed by atoms with Crippen LogP contribution in [-0.2, 0) is 4.79 Å². The zero-order chi connectivity index (χ0) is 16.3. The number of urea groups is 1. The summed E-state index contributed by atoms with van der Waals surface area (Å²) >= 11 is 0. The Morgan fingerprint density at radius 2 is 1.73 bits per heavy atom. The second kappa shape index (κ2) is 6.75. The van der Waals surface area contributed by atoms with Gasteiger partial charge in [0, 0.05) is 19.1 Å². The van der Waals surface area contributed by atoms with Gasteiger partial charge in [-0.15, -0.1) is 0 Å². The van der Waals surface area contributed by atoms with E-state index in [0.29, 0.717) is 38.8 Å². The SMILES string of the molecule is O=C(O)C1CCN(C(=O)NC2CCCC(C(F)(F)F)C2)CC1. The number of nitrogens with zero attached hydrogens (tertiary/aromatic N) is 1. The number of piperidine rings is 1. The molecule has 1 aliphatic heterocycles. The molecule has 5 nitrogen and oxygen atoms in total. The third-order valence-corrected chi connectivity index (χ3v) is 4.60. The first kappa shape index (κ1) is 16.9. The summed E-state index contributed by atoms with van der Waals surface area (Å²) in [5.74, 6) is -2.64. The lowest BCUT2D eigenvalue weighted by Gasteiger charge is -2.34. The van der Waals surface area contributed by atoms with Crippen molar-refractivity contribution in [1.29, 1.82) is 0 Å². The van der Waals surface area contributed by atoms with Crippen molar-refractivity contribution >= 4 is 12.0 Å². The summed E-state index contributed by atoms with van der Waals surface area (Å²) < 4.78 is 38.2. The fourth-order valence-electron chi connectivity index (χ4n) is 3.21. The Morgan fingerprint density at radius 3 is 2.27 bits per heavy atom. The summed E-state index contributed by atoms with van der Waals surface area (Å²) in [6, 6.07) is -0.832. The lowest BCUT2D eigenvalue weighted by molar-refractivity contribution is -0.183. The smallest absolute Gasteiger partial charge is 0.391 e. The highest BCUT2D eigenvalue weighted by Gasteiger charge is 2.42. The molecule has 2 atom stereocenters. The van der Waals surface area contributed by atoms with E-state index in [1.807, 2.05) is 0 Å². The molecule has 0 aromatic rings. The molecule has 2 aliphatic rings. The Balaban J connectivity index is 1.81. The molecule has 0 aromatic carbocycles. The molecule has 0 aromatic heterocycles. The fourth-order valence-corrected chi connectivity index (χ4v) is 3.21. The largest absolute Gasteiger partial charge is 0.481 e. The number of carbonyl (C=O) groups is 2. The van der Waals surface area contributed by atoms with E-state index < -0.39 is 30.0 Å². The maximum Gasteiger partial charge on any atom is 0.391 e. The van der Waals surface area contributed by atoms with Crippen molar-refractivity contribution in [2.45, 2.75) is 50.7 Å². The van der Waals surface area contributed by atoms with Crippen LogP contribution in [0, 0.1) is 11.8 Å². The van der Waals surface area contributed by atoms with Crippen molar-refractivity contribution in [3.8, 4) is 0 Å². The minimum absolute atomic E-state index is 0.0686. The normalized spacial score (nSPS) is 27.5. The summed E-state index contributed by atoms with van der Waals surface area (Å²) in [4.78, 5) is 24.4. The Kier molecular flexibility index (Phi) is 5.18. The van der Waals surface area contributed by atoms with Gasteiger partial charge in [0.15, 0.2) is 0 Å². The predicted molar refractivity (Wildman–Crippen MR) is 72.3 cm³/mol. The Labute approximate surface area is 126 Å². The van der Waals surface area contributed by atoms with E-state index in [2.05, 4.69) is 5.32 Å². The lowest BCUT2D eigenvalue weighted by atomic mass is 9.85. The van der Waals surface area contributed by atoms with E-state index in [1.54, 1.807) is 0 Å². The molecule has 2 amide bonds. The third kappa shape index (κ3) is 4.27. The number of halogens is 3. The van der Waals surface area contributed by atoms with E-state index in [4.69, 9.17) is 5.11 Å². The molecule has 1 saturated carbocycles. The second-order valence-corrected chi connectivity index (χ2v) is 6.15.